The van der Waals surface area contributed by atoms with Crippen molar-refractivity contribution in [1.82, 2.24) is 10.3 Å². The largest absolute Gasteiger partial charge is 0.341 e. The van der Waals surface area contributed by atoms with Crippen LogP contribution in [0.5, 0.6) is 0 Å². The van der Waals surface area contributed by atoms with Crippen LogP contribution in [0.4, 0.5) is 0 Å². The van der Waals surface area contributed by atoms with Crippen molar-refractivity contribution in [3.05, 3.63) is 0 Å². The molecule has 0 aromatic rings. The number of likely N-dealkylation sites (tertiary alicyclic amines) is 1. The summed E-state index contributed by atoms with van der Waals surface area (Å²) in [6.07, 6.45) is 2.30. The van der Waals surface area contributed by atoms with Crippen LogP contribution in [0.3, 0.4) is 0 Å². The minimum absolute atomic E-state index is 0.731. The number of guanidine groups is 1. The van der Waals surface area contributed by atoms with Gasteiger partial charge in [0.05, 0.1) is 0 Å². The van der Waals surface area contributed by atoms with Crippen LogP contribution in [0, 0.1) is 11.8 Å². The third-order valence-electron chi connectivity index (χ3n) is 3.19. The second-order valence-electron chi connectivity index (χ2n) is 4.56. The van der Waals surface area contributed by atoms with Crippen LogP contribution in [0.2, 0.25) is 0 Å². The number of aliphatic imine (C=N–C) groups is 1. The molecule has 2 unspecified atom stereocenters. The Hall–Kier alpha value is -0.770. The molecule has 1 fully saturated rings. The highest BCUT2D eigenvalue weighted by atomic mass is 15.4. The lowest BCUT2D eigenvalue weighted by Gasteiger charge is -2.19. The minimum atomic E-state index is 0.731. The van der Waals surface area contributed by atoms with Gasteiger partial charge in [-0.1, -0.05) is 27.2 Å². The Morgan fingerprint density at radius 2 is 2.00 bits per heavy atom. The van der Waals surface area contributed by atoms with E-state index in [0.29, 0.717) is 0 Å². The fraction of sp³-hybridized carbons (Fsp3) is 0.909. The highest BCUT2D eigenvalue weighted by Crippen LogP contribution is 2.21. The second-order valence-corrected chi connectivity index (χ2v) is 4.56. The summed E-state index contributed by atoms with van der Waals surface area (Å²) in [6, 6.07) is 0. The summed E-state index contributed by atoms with van der Waals surface area (Å²) in [5.41, 5.74) is 2.72. The molecule has 1 heterocycles. The average Bonchev–Trinajstić information content (AvgIpc) is 2.54. The molecule has 0 aliphatic carbocycles. The molecule has 1 aliphatic heterocycles. The van der Waals surface area contributed by atoms with Gasteiger partial charge in [-0.05, 0) is 18.3 Å². The van der Waals surface area contributed by atoms with E-state index in [0.717, 1.165) is 43.9 Å². The summed E-state index contributed by atoms with van der Waals surface area (Å²) in [5.74, 6) is 7.83. The van der Waals surface area contributed by atoms with Gasteiger partial charge in [0.15, 0.2) is 0 Å². The number of hydrogen-bond acceptors (Lipinski definition) is 2. The lowest BCUT2D eigenvalue weighted by atomic mass is 10.0. The molecule has 0 aromatic heterocycles. The molecular formula is C11H24N4. The average molecular weight is 212 g/mol. The molecule has 4 nitrogen and oxygen atoms in total. The normalized spacial score (nSPS) is 27.2. The molecule has 0 spiro atoms. The van der Waals surface area contributed by atoms with E-state index in [1.54, 1.807) is 0 Å². The first-order valence-corrected chi connectivity index (χ1v) is 5.95. The van der Waals surface area contributed by atoms with Crippen molar-refractivity contribution in [3.8, 4) is 0 Å². The van der Waals surface area contributed by atoms with E-state index in [1.165, 1.54) is 6.42 Å². The number of hydrogen-bond donors (Lipinski definition) is 2. The van der Waals surface area contributed by atoms with Crippen molar-refractivity contribution in [1.29, 1.82) is 0 Å². The number of nitrogens with two attached hydrogens (primary N) is 1. The van der Waals surface area contributed by atoms with Gasteiger partial charge in [-0.2, -0.15) is 0 Å². The standard InChI is InChI=1S/C11H24N4/c1-4-5-6-13-11(14-12)15-7-9(2)10(3)8-15/h9-10H,4-8,12H2,1-3H3,(H,13,14). The molecule has 88 valence electrons. The lowest BCUT2D eigenvalue weighted by Crippen LogP contribution is -2.44. The Morgan fingerprint density at radius 3 is 2.47 bits per heavy atom. The van der Waals surface area contributed by atoms with Crippen molar-refractivity contribution < 1.29 is 0 Å². The Morgan fingerprint density at radius 1 is 1.40 bits per heavy atom. The predicted molar refractivity (Wildman–Crippen MR) is 64.4 cm³/mol. The first kappa shape index (κ1) is 12.3. The molecule has 0 bridgehead atoms. The van der Waals surface area contributed by atoms with Gasteiger partial charge in [0.2, 0.25) is 5.96 Å². The molecular weight excluding hydrogens is 188 g/mol. The van der Waals surface area contributed by atoms with E-state index < -0.39 is 0 Å². The fourth-order valence-electron chi connectivity index (χ4n) is 1.88. The van der Waals surface area contributed by atoms with Crippen molar-refractivity contribution >= 4 is 5.96 Å². The van der Waals surface area contributed by atoms with E-state index >= 15 is 0 Å². The van der Waals surface area contributed by atoms with E-state index in [9.17, 15) is 0 Å². The van der Waals surface area contributed by atoms with E-state index in [1.807, 2.05) is 0 Å². The van der Waals surface area contributed by atoms with Crippen LogP contribution in [0.1, 0.15) is 33.6 Å². The molecule has 0 amide bonds. The third kappa shape index (κ3) is 3.38. The summed E-state index contributed by atoms with van der Waals surface area (Å²) in [7, 11) is 0. The van der Waals surface area contributed by atoms with Gasteiger partial charge in [-0.3, -0.25) is 10.4 Å². The Bertz CT molecular complexity index is 205. The maximum atomic E-state index is 5.50. The number of unbranched alkanes of at least 4 members (excludes halogenated alkanes) is 1. The maximum absolute atomic E-state index is 5.50. The van der Waals surface area contributed by atoms with Crippen molar-refractivity contribution in [2.75, 3.05) is 19.6 Å². The van der Waals surface area contributed by atoms with Crippen molar-refractivity contribution in [2.45, 2.75) is 33.6 Å². The Labute approximate surface area is 92.9 Å². The van der Waals surface area contributed by atoms with Crippen LogP contribution in [0.25, 0.3) is 0 Å². The molecule has 15 heavy (non-hydrogen) atoms. The van der Waals surface area contributed by atoms with E-state index in [2.05, 4.69) is 36.1 Å². The van der Waals surface area contributed by atoms with Gasteiger partial charge in [0.1, 0.15) is 0 Å². The second kappa shape index (κ2) is 5.95. The summed E-state index contributed by atoms with van der Waals surface area (Å²) in [6.45, 7) is 9.74. The molecule has 1 aliphatic rings. The van der Waals surface area contributed by atoms with Crippen LogP contribution in [-0.4, -0.2) is 30.5 Å². The first-order chi connectivity index (χ1) is 7.19. The zero-order valence-electron chi connectivity index (χ0n) is 10.2. The van der Waals surface area contributed by atoms with Gasteiger partial charge < -0.3 is 4.90 Å². The zero-order chi connectivity index (χ0) is 11.3. The topological polar surface area (TPSA) is 53.6 Å². The van der Waals surface area contributed by atoms with Gasteiger partial charge in [0.25, 0.3) is 0 Å². The van der Waals surface area contributed by atoms with Gasteiger partial charge in [0, 0.05) is 19.6 Å². The SMILES string of the molecule is CCCCN=C(NN)N1CC(C)C(C)C1. The van der Waals surface area contributed by atoms with E-state index in [-0.39, 0.29) is 0 Å². The summed E-state index contributed by atoms with van der Waals surface area (Å²) >= 11 is 0. The zero-order valence-corrected chi connectivity index (χ0v) is 10.2. The van der Waals surface area contributed by atoms with Crippen LogP contribution in [-0.2, 0) is 0 Å². The van der Waals surface area contributed by atoms with Crippen molar-refractivity contribution in [2.24, 2.45) is 22.7 Å². The van der Waals surface area contributed by atoms with Gasteiger partial charge in [-0.15, -0.1) is 0 Å². The highest BCUT2D eigenvalue weighted by Gasteiger charge is 2.27. The van der Waals surface area contributed by atoms with Crippen LogP contribution in [0.15, 0.2) is 4.99 Å². The first-order valence-electron chi connectivity index (χ1n) is 5.95. The third-order valence-corrected chi connectivity index (χ3v) is 3.19. The van der Waals surface area contributed by atoms with Gasteiger partial charge in [-0.25, -0.2) is 5.84 Å². The molecule has 2 atom stereocenters. The summed E-state index contributed by atoms with van der Waals surface area (Å²) < 4.78 is 0. The summed E-state index contributed by atoms with van der Waals surface area (Å²) in [4.78, 5) is 6.74. The summed E-state index contributed by atoms with van der Waals surface area (Å²) in [5, 5.41) is 0. The van der Waals surface area contributed by atoms with Gasteiger partial charge >= 0.3 is 0 Å². The quantitative estimate of drug-likeness (QED) is 0.243. The molecule has 0 aromatic carbocycles. The Balaban J connectivity index is 2.48. The van der Waals surface area contributed by atoms with Crippen molar-refractivity contribution in [3.63, 3.8) is 0 Å². The maximum Gasteiger partial charge on any atom is 0.208 e. The molecule has 0 radical (unpaired) electrons. The monoisotopic (exact) mass is 212 g/mol. The minimum Gasteiger partial charge on any atom is -0.341 e. The molecule has 1 saturated heterocycles. The Kier molecular flexibility index (Phi) is 4.88. The number of nitrogens with one attached hydrogen (secondary N) is 1. The molecule has 0 saturated carbocycles. The number of rotatable bonds is 3. The number of hydrazine groups is 1. The number of nitrogens with zero attached hydrogens (tertiary/aromatic N) is 2. The molecule has 3 N–H and O–H groups in total. The smallest absolute Gasteiger partial charge is 0.208 e. The van der Waals surface area contributed by atoms with E-state index in [4.69, 9.17) is 5.84 Å². The predicted octanol–water partition coefficient (Wildman–Crippen LogP) is 1.19. The molecule has 4 heteroatoms. The van der Waals surface area contributed by atoms with Crippen LogP contribution >= 0.6 is 0 Å². The molecule has 1 rings (SSSR count). The van der Waals surface area contributed by atoms with Crippen LogP contribution < -0.4 is 11.3 Å². The highest BCUT2D eigenvalue weighted by molar-refractivity contribution is 5.79. The lowest BCUT2D eigenvalue weighted by molar-refractivity contribution is 0.471. The fourth-order valence-corrected chi connectivity index (χ4v) is 1.88.